The van der Waals surface area contributed by atoms with Gasteiger partial charge in [-0.25, -0.2) is 0 Å². The lowest BCUT2D eigenvalue weighted by Crippen LogP contribution is -2.31. The Labute approximate surface area is 124 Å². The smallest absolute Gasteiger partial charge is 0.271 e. The molecule has 1 aromatic carbocycles. The van der Waals surface area contributed by atoms with Gasteiger partial charge in [0.15, 0.2) is 0 Å². The number of benzene rings is 1. The number of nitro benzene ring substituents is 1. The molecule has 1 saturated heterocycles. The van der Waals surface area contributed by atoms with Crippen LogP contribution in [0.1, 0.15) is 16.8 Å². The maximum atomic E-state index is 12.1. The van der Waals surface area contributed by atoms with Crippen LogP contribution in [0.4, 0.5) is 5.69 Å². The minimum atomic E-state index is -0.517. The van der Waals surface area contributed by atoms with Crippen molar-refractivity contribution < 1.29 is 9.72 Å². The fraction of sp³-hybridized carbons (Fsp3) is 0.364. The highest BCUT2D eigenvalue weighted by atomic mass is 79.9. The van der Waals surface area contributed by atoms with Gasteiger partial charge in [0.25, 0.3) is 11.6 Å². The summed E-state index contributed by atoms with van der Waals surface area (Å²) >= 11 is 3.17. The van der Waals surface area contributed by atoms with Crippen molar-refractivity contribution >= 4 is 39.9 Å². The van der Waals surface area contributed by atoms with E-state index in [0.717, 1.165) is 6.42 Å². The largest absolute Gasteiger partial charge is 0.337 e. The van der Waals surface area contributed by atoms with Crippen molar-refractivity contribution in [3.63, 3.8) is 0 Å². The van der Waals surface area contributed by atoms with Crippen LogP contribution in [0.2, 0.25) is 0 Å². The van der Waals surface area contributed by atoms with Gasteiger partial charge in [0, 0.05) is 41.3 Å². The highest BCUT2D eigenvalue weighted by Gasteiger charge is 2.25. The molecule has 0 unspecified atom stereocenters. The van der Waals surface area contributed by atoms with E-state index in [9.17, 15) is 14.9 Å². The minimum absolute atomic E-state index is 0. The average Bonchev–Trinajstić information content (AvgIpc) is 2.74. The molecule has 0 bridgehead atoms. The van der Waals surface area contributed by atoms with Gasteiger partial charge in [0.05, 0.1) is 4.92 Å². The predicted octanol–water partition coefficient (Wildman–Crippen LogP) is 1.95. The molecule has 2 N–H and O–H groups in total. The zero-order chi connectivity index (χ0) is 13.3. The molecule has 0 radical (unpaired) electrons. The molecule has 19 heavy (non-hydrogen) atoms. The summed E-state index contributed by atoms with van der Waals surface area (Å²) in [6.07, 6.45) is 0.766. The Kier molecular flexibility index (Phi) is 5.28. The molecule has 1 amide bonds. The SMILES string of the molecule is Cl.N[C@@H]1CCN(C(=O)c2cc(Br)cc([N+](=O)[O-])c2)C1. The van der Waals surface area contributed by atoms with E-state index in [1.807, 2.05) is 0 Å². The molecule has 0 saturated carbocycles. The van der Waals surface area contributed by atoms with E-state index in [-0.39, 0.29) is 30.0 Å². The topological polar surface area (TPSA) is 89.5 Å². The van der Waals surface area contributed by atoms with Gasteiger partial charge < -0.3 is 10.6 Å². The van der Waals surface area contributed by atoms with Gasteiger partial charge in [0.2, 0.25) is 0 Å². The van der Waals surface area contributed by atoms with Crippen LogP contribution in [-0.4, -0.2) is 34.9 Å². The van der Waals surface area contributed by atoms with Gasteiger partial charge in [0.1, 0.15) is 0 Å². The standard InChI is InChI=1S/C11H12BrN3O3.ClH/c12-8-3-7(4-10(5-8)15(17)18)11(16)14-2-1-9(13)6-14;/h3-5,9H,1-2,6,13H2;1H/t9-;/m1./s1. The summed E-state index contributed by atoms with van der Waals surface area (Å²) < 4.78 is 0.517. The van der Waals surface area contributed by atoms with Crippen molar-refractivity contribution in [3.05, 3.63) is 38.3 Å². The van der Waals surface area contributed by atoms with Crippen LogP contribution < -0.4 is 5.73 Å². The highest BCUT2D eigenvalue weighted by molar-refractivity contribution is 9.10. The molecule has 1 fully saturated rings. The maximum Gasteiger partial charge on any atom is 0.271 e. The number of non-ortho nitro benzene ring substituents is 1. The number of carbonyl (C=O) groups is 1. The van der Waals surface area contributed by atoms with Crippen molar-refractivity contribution in [3.8, 4) is 0 Å². The summed E-state index contributed by atoms with van der Waals surface area (Å²) in [5, 5.41) is 10.7. The molecule has 1 heterocycles. The zero-order valence-corrected chi connectivity index (χ0v) is 12.3. The molecule has 0 aromatic heterocycles. The molecule has 8 heteroatoms. The number of rotatable bonds is 2. The lowest BCUT2D eigenvalue weighted by atomic mass is 10.2. The summed E-state index contributed by atoms with van der Waals surface area (Å²) in [6, 6.07) is 4.24. The minimum Gasteiger partial charge on any atom is -0.337 e. The van der Waals surface area contributed by atoms with E-state index < -0.39 is 4.92 Å². The van der Waals surface area contributed by atoms with E-state index >= 15 is 0 Å². The molecule has 1 aliphatic heterocycles. The van der Waals surface area contributed by atoms with Crippen LogP contribution in [0, 0.1) is 10.1 Å². The van der Waals surface area contributed by atoms with E-state index in [2.05, 4.69) is 15.9 Å². The second kappa shape index (κ2) is 6.31. The van der Waals surface area contributed by atoms with E-state index in [4.69, 9.17) is 5.73 Å². The lowest BCUT2D eigenvalue weighted by molar-refractivity contribution is -0.385. The van der Waals surface area contributed by atoms with Gasteiger partial charge in [-0.1, -0.05) is 15.9 Å². The highest BCUT2D eigenvalue weighted by Crippen LogP contribution is 2.23. The molecule has 0 aliphatic carbocycles. The Morgan fingerprint density at radius 1 is 1.47 bits per heavy atom. The third-order valence-corrected chi connectivity index (χ3v) is 3.31. The second-order valence-electron chi connectivity index (χ2n) is 4.26. The number of carbonyl (C=O) groups excluding carboxylic acids is 1. The molecular formula is C11H13BrClN3O3. The number of likely N-dealkylation sites (tertiary alicyclic amines) is 1. The number of hydrogen-bond donors (Lipinski definition) is 1. The van der Waals surface area contributed by atoms with Crippen LogP contribution in [-0.2, 0) is 0 Å². The average molecular weight is 351 g/mol. The van der Waals surface area contributed by atoms with Gasteiger partial charge in [-0.3, -0.25) is 14.9 Å². The predicted molar refractivity (Wildman–Crippen MR) is 76.5 cm³/mol. The molecule has 0 spiro atoms. The number of nitrogens with two attached hydrogens (primary N) is 1. The number of nitrogens with zero attached hydrogens (tertiary/aromatic N) is 2. The summed E-state index contributed by atoms with van der Waals surface area (Å²) in [4.78, 5) is 24.0. The third-order valence-electron chi connectivity index (χ3n) is 2.85. The summed E-state index contributed by atoms with van der Waals surface area (Å²) in [5.41, 5.74) is 5.95. The Bertz CT molecular complexity index is 512. The fourth-order valence-electron chi connectivity index (χ4n) is 1.96. The van der Waals surface area contributed by atoms with E-state index in [1.54, 1.807) is 11.0 Å². The first-order valence-corrected chi connectivity index (χ1v) is 6.26. The first-order chi connectivity index (χ1) is 8.47. The summed E-state index contributed by atoms with van der Waals surface area (Å²) in [6.45, 7) is 1.10. The molecule has 104 valence electrons. The number of halogens is 2. The number of amides is 1. The van der Waals surface area contributed by atoms with Crippen LogP contribution >= 0.6 is 28.3 Å². The van der Waals surface area contributed by atoms with Gasteiger partial charge >= 0.3 is 0 Å². The molecular weight excluding hydrogens is 337 g/mol. The van der Waals surface area contributed by atoms with Gasteiger partial charge in [-0.2, -0.15) is 0 Å². The van der Waals surface area contributed by atoms with Gasteiger partial charge in [-0.05, 0) is 12.5 Å². The Hall–Kier alpha value is -1.18. The first-order valence-electron chi connectivity index (χ1n) is 5.47. The molecule has 6 nitrogen and oxygen atoms in total. The number of hydrogen-bond acceptors (Lipinski definition) is 4. The van der Waals surface area contributed by atoms with Crippen LogP contribution in [0.25, 0.3) is 0 Å². The maximum absolute atomic E-state index is 12.1. The third kappa shape index (κ3) is 3.65. The van der Waals surface area contributed by atoms with Crippen molar-refractivity contribution in [2.45, 2.75) is 12.5 Å². The van der Waals surface area contributed by atoms with Crippen LogP contribution in [0.3, 0.4) is 0 Å². The van der Waals surface area contributed by atoms with Crippen LogP contribution in [0.15, 0.2) is 22.7 Å². The summed E-state index contributed by atoms with van der Waals surface area (Å²) in [5.74, 6) is -0.215. The van der Waals surface area contributed by atoms with Gasteiger partial charge in [-0.15, -0.1) is 12.4 Å². The first kappa shape index (κ1) is 15.9. The fourth-order valence-corrected chi connectivity index (χ4v) is 2.44. The van der Waals surface area contributed by atoms with Crippen molar-refractivity contribution in [2.24, 2.45) is 5.73 Å². The molecule has 1 atom stereocenters. The normalized spacial score (nSPS) is 18.0. The van der Waals surface area contributed by atoms with Crippen molar-refractivity contribution in [1.29, 1.82) is 0 Å². The van der Waals surface area contributed by atoms with E-state index in [0.29, 0.717) is 23.1 Å². The Morgan fingerprint density at radius 2 is 2.16 bits per heavy atom. The Balaban J connectivity index is 0.00000180. The van der Waals surface area contributed by atoms with Crippen molar-refractivity contribution in [1.82, 2.24) is 4.90 Å². The van der Waals surface area contributed by atoms with E-state index in [1.165, 1.54) is 12.1 Å². The quantitative estimate of drug-likeness (QED) is 0.652. The number of nitro groups is 1. The molecule has 1 aromatic rings. The zero-order valence-electron chi connectivity index (χ0n) is 9.91. The second-order valence-corrected chi connectivity index (χ2v) is 5.17. The molecule has 2 rings (SSSR count). The lowest BCUT2D eigenvalue weighted by Gasteiger charge is -2.15. The summed E-state index contributed by atoms with van der Waals surface area (Å²) in [7, 11) is 0. The molecule has 1 aliphatic rings. The van der Waals surface area contributed by atoms with Crippen LogP contribution in [0.5, 0.6) is 0 Å². The monoisotopic (exact) mass is 349 g/mol. The Morgan fingerprint density at radius 3 is 2.68 bits per heavy atom. The van der Waals surface area contributed by atoms with Crippen molar-refractivity contribution in [2.75, 3.05) is 13.1 Å².